The molecule has 0 atom stereocenters. The maximum absolute atomic E-state index is 12.5. The normalized spacial score (nSPS) is 14.3. The molecule has 1 amide bonds. The van der Waals surface area contributed by atoms with Crippen molar-refractivity contribution < 1.29 is 9.59 Å². The van der Waals surface area contributed by atoms with Crippen molar-refractivity contribution in [1.82, 2.24) is 15.2 Å². The summed E-state index contributed by atoms with van der Waals surface area (Å²) < 4.78 is 0. The van der Waals surface area contributed by atoms with E-state index < -0.39 is 0 Å². The molecule has 0 radical (unpaired) electrons. The number of rotatable bonds is 10. The Morgan fingerprint density at radius 3 is 2.49 bits per heavy atom. The lowest BCUT2D eigenvalue weighted by Crippen LogP contribution is -2.47. The number of pyridine rings is 1. The molecule has 0 unspecified atom stereocenters. The second-order valence-corrected chi connectivity index (χ2v) is 9.36. The molecule has 3 aromatic rings. The van der Waals surface area contributed by atoms with Crippen molar-refractivity contribution in [3.05, 3.63) is 66.2 Å². The van der Waals surface area contributed by atoms with Crippen LogP contribution in [0.1, 0.15) is 37.0 Å². The van der Waals surface area contributed by atoms with Gasteiger partial charge in [0.15, 0.2) is 5.78 Å². The molecular formula is C28H35N5O2. The highest BCUT2D eigenvalue weighted by molar-refractivity contribution is 6.00. The van der Waals surface area contributed by atoms with Crippen LogP contribution in [0, 0.1) is 0 Å². The number of nitrogens with one attached hydrogen (secondary N) is 2. The number of amides is 1. The maximum atomic E-state index is 12.5. The van der Waals surface area contributed by atoms with E-state index in [1.807, 2.05) is 44.2 Å². The third-order valence-corrected chi connectivity index (χ3v) is 6.28. The fraction of sp³-hybridized carbons (Fsp3) is 0.393. The minimum Gasteiger partial charge on any atom is -0.377 e. The van der Waals surface area contributed by atoms with Crippen LogP contribution in [0.25, 0.3) is 10.9 Å². The molecule has 4 rings (SSSR count). The van der Waals surface area contributed by atoms with Crippen LogP contribution in [0.5, 0.6) is 0 Å². The van der Waals surface area contributed by atoms with Crippen LogP contribution in [0.2, 0.25) is 0 Å². The van der Waals surface area contributed by atoms with Gasteiger partial charge in [0.25, 0.3) is 5.91 Å². The highest BCUT2D eigenvalue weighted by Gasteiger charge is 2.18. The van der Waals surface area contributed by atoms with Gasteiger partial charge in [-0.3, -0.25) is 14.5 Å². The molecule has 7 nitrogen and oxygen atoms in total. The molecule has 2 N–H and O–H groups in total. The SMILES string of the molecule is CC(C)NC(=O)c1ccccc1NCC(=O)CCCN1CCN(c2ccc3ccccc3n2)CC1. The van der Waals surface area contributed by atoms with Crippen molar-refractivity contribution in [1.29, 1.82) is 0 Å². The molecule has 0 bridgehead atoms. The predicted octanol–water partition coefficient (Wildman–Crippen LogP) is 3.96. The molecule has 35 heavy (non-hydrogen) atoms. The fourth-order valence-corrected chi connectivity index (χ4v) is 4.39. The van der Waals surface area contributed by atoms with Crippen molar-refractivity contribution in [3.63, 3.8) is 0 Å². The van der Waals surface area contributed by atoms with E-state index in [9.17, 15) is 9.59 Å². The number of benzene rings is 2. The Morgan fingerprint density at radius 1 is 0.943 bits per heavy atom. The number of nitrogens with zero attached hydrogens (tertiary/aromatic N) is 3. The fourth-order valence-electron chi connectivity index (χ4n) is 4.39. The van der Waals surface area contributed by atoms with Gasteiger partial charge in [-0.25, -0.2) is 4.98 Å². The second-order valence-electron chi connectivity index (χ2n) is 9.36. The minimum atomic E-state index is -0.131. The van der Waals surface area contributed by atoms with Crippen LogP contribution in [0.15, 0.2) is 60.7 Å². The van der Waals surface area contributed by atoms with Gasteiger partial charge in [0, 0.05) is 49.7 Å². The minimum absolute atomic E-state index is 0.0582. The Kier molecular flexibility index (Phi) is 8.32. The third kappa shape index (κ3) is 6.79. The highest BCUT2D eigenvalue weighted by Crippen LogP contribution is 2.19. The van der Waals surface area contributed by atoms with Crippen LogP contribution >= 0.6 is 0 Å². The van der Waals surface area contributed by atoms with E-state index >= 15 is 0 Å². The average molecular weight is 474 g/mol. The number of anilines is 2. The summed E-state index contributed by atoms with van der Waals surface area (Å²) in [5, 5.41) is 7.22. The Labute approximate surface area is 207 Å². The number of piperazine rings is 1. The van der Waals surface area contributed by atoms with E-state index in [0.29, 0.717) is 17.7 Å². The lowest BCUT2D eigenvalue weighted by atomic mass is 10.1. The first-order valence-corrected chi connectivity index (χ1v) is 12.5. The van der Waals surface area contributed by atoms with Crippen LogP contribution in [0.4, 0.5) is 11.5 Å². The lowest BCUT2D eigenvalue weighted by molar-refractivity contribution is -0.117. The molecule has 2 aromatic carbocycles. The summed E-state index contributed by atoms with van der Waals surface area (Å²) in [5.74, 6) is 1.06. The molecule has 1 aliphatic heterocycles. The standard InChI is InChI=1S/C28H35N5O2/c1-21(2)30-28(35)24-10-4-6-12-26(24)29-20-23(34)9-7-15-32-16-18-33(19-17-32)27-14-13-22-8-3-5-11-25(22)31-27/h3-6,8,10-14,21,29H,7,9,15-20H2,1-2H3,(H,30,35). The molecule has 2 heterocycles. The largest absolute Gasteiger partial charge is 0.377 e. The van der Waals surface area contributed by atoms with E-state index in [1.54, 1.807) is 6.07 Å². The second kappa shape index (κ2) is 11.8. The number of ketones is 1. The first kappa shape index (κ1) is 24.7. The quantitative estimate of drug-likeness (QED) is 0.464. The lowest BCUT2D eigenvalue weighted by Gasteiger charge is -2.35. The summed E-state index contributed by atoms with van der Waals surface area (Å²) >= 11 is 0. The van der Waals surface area contributed by atoms with Crippen LogP contribution < -0.4 is 15.5 Å². The highest BCUT2D eigenvalue weighted by atomic mass is 16.1. The zero-order chi connectivity index (χ0) is 24.6. The van der Waals surface area contributed by atoms with Gasteiger partial charge in [-0.05, 0) is 57.1 Å². The van der Waals surface area contributed by atoms with Crippen LogP contribution in [0.3, 0.4) is 0 Å². The van der Waals surface area contributed by atoms with E-state index in [1.165, 1.54) is 0 Å². The van der Waals surface area contributed by atoms with Gasteiger partial charge in [-0.1, -0.05) is 30.3 Å². The number of hydrogen-bond acceptors (Lipinski definition) is 6. The third-order valence-electron chi connectivity index (χ3n) is 6.28. The molecule has 1 fully saturated rings. The number of fused-ring (bicyclic) bond motifs is 1. The van der Waals surface area contributed by atoms with Gasteiger partial charge in [-0.2, -0.15) is 0 Å². The van der Waals surface area contributed by atoms with Crippen molar-refractivity contribution in [3.8, 4) is 0 Å². The van der Waals surface area contributed by atoms with Crippen molar-refractivity contribution >= 4 is 34.1 Å². The Bertz CT molecular complexity index is 1150. The summed E-state index contributed by atoms with van der Waals surface area (Å²) in [5.41, 5.74) is 2.29. The van der Waals surface area contributed by atoms with Gasteiger partial charge in [0.05, 0.1) is 17.6 Å². The van der Waals surface area contributed by atoms with Crippen LogP contribution in [-0.2, 0) is 4.79 Å². The van der Waals surface area contributed by atoms with Crippen LogP contribution in [-0.4, -0.2) is 66.9 Å². The van der Waals surface area contributed by atoms with Crippen molar-refractivity contribution in [2.45, 2.75) is 32.7 Å². The first-order valence-electron chi connectivity index (χ1n) is 12.5. The molecule has 0 saturated carbocycles. The number of Topliss-reactive ketones (excluding diaryl/α,β-unsaturated/α-hetero) is 1. The van der Waals surface area contributed by atoms with Gasteiger partial charge >= 0.3 is 0 Å². The molecule has 0 spiro atoms. The molecule has 7 heteroatoms. The summed E-state index contributed by atoms with van der Waals surface area (Å²) in [6, 6.07) is 19.8. The smallest absolute Gasteiger partial charge is 0.253 e. The zero-order valence-electron chi connectivity index (χ0n) is 20.7. The molecule has 184 valence electrons. The number of carbonyl (C=O) groups is 2. The van der Waals surface area contributed by atoms with Crippen molar-refractivity contribution in [2.75, 3.05) is 49.5 Å². The van der Waals surface area contributed by atoms with E-state index in [2.05, 4.69) is 44.7 Å². The first-order chi connectivity index (χ1) is 17.0. The summed E-state index contributed by atoms with van der Waals surface area (Å²) in [4.78, 5) is 34.4. The average Bonchev–Trinajstić information content (AvgIpc) is 2.87. The summed E-state index contributed by atoms with van der Waals surface area (Å²) in [7, 11) is 0. The monoisotopic (exact) mass is 473 g/mol. The molecule has 1 aliphatic rings. The van der Waals surface area contributed by atoms with Crippen molar-refractivity contribution in [2.24, 2.45) is 0 Å². The number of aromatic nitrogens is 1. The van der Waals surface area contributed by atoms with Gasteiger partial charge < -0.3 is 15.5 Å². The number of hydrogen-bond donors (Lipinski definition) is 2. The predicted molar refractivity (Wildman–Crippen MR) is 142 cm³/mol. The molecule has 0 aliphatic carbocycles. The molecule has 1 aromatic heterocycles. The van der Waals surface area contributed by atoms with E-state index in [4.69, 9.17) is 4.98 Å². The number of para-hydroxylation sites is 2. The Hall–Kier alpha value is -3.45. The van der Waals surface area contributed by atoms with E-state index in [-0.39, 0.29) is 24.3 Å². The molecular weight excluding hydrogens is 438 g/mol. The zero-order valence-corrected chi connectivity index (χ0v) is 20.7. The topological polar surface area (TPSA) is 77.6 Å². The van der Waals surface area contributed by atoms with Gasteiger partial charge in [0.2, 0.25) is 0 Å². The Balaban J connectivity index is 1.18. The Morgan fingerprint density at radius 2 is 1.69 bits per heavy atom. The van der Waals surface area contributed by atoms with E-state index in [0.717, 1.165) is 55.9 Å². The summed E-state index contributed by atoms with van der Waals surface area (Å²) in [6.07, 6.45) is 1.37. The van der Waals surface area contributed by atoms with Gasteiger partial charge in [0.1, 0.15) is 5.82 Å². The summed E-state index contributed by atoms with van der Waals surface area (Å²) in [6.45, 7) is 8.82. The molecule has 1 saturated heterocycles. The number of carbonyl (C=O) groups excluding carboxylic acids is 2. The van der Waals surface area contributed by atoms with Gasteiger partial charge in [-0.15, -0.1) is 0 Å². The maximum Gasteiger partial charge on any atom is 0.253 e.